The fourth-order valence-corrected chi connectivity index (χ4v) is 2.23. The minimum atomic E-state index is -5.05. The van der Waals surface area contributed by atoms with Crippen LogP contribution in [0.5, 0.6) is 0 Å². The van der Waals surface area contributed by atoms with Gasteiger partial charge in [-0.2, -0.15) is 26.3 Å². The molecule has 2 aromatic rings. The molecule has 2 rings (SSSR count). The normalized spacial score (nSPS) is 12.2. The lowest BCUT2D eigenvalue weighted by molar-refractivity contribution is -0.143. The third-order valence-corrected chi connectivity index (χ3v) is 3.87. The Morgan fingerprint density at radius 3 is 1.88 bits per heavy atom. The summed E-state index contributed by atoms with van der Waals surface area (Å²) in [4.78, 5) is 12.1. The predicted octanol–water partition coefficient (Wildman–Crippen LogP) is 6.28. The van der Waals surface area contributed by atoms with Gasteiger partial charge in [-0.1, -0.05) is 29.3 Å². The van der Waals surface area contributed by atoms with Gasteiger partial charge in [0.1, 0.15) is 0 Å². The van der Waals surface area contributed by atoms with E-state index in [0.29, 0.717) is 12.1 Å². The molecule has 2 nitrogen and oxygen atoms in total. The average molecular weight is 402 g/mol. The molecule has 2 aromatic carbocycles. The van der Waals surface area contributed by atoms with Gasteiger partial charge in [0.2, 0.25) is 0 Å². The molecule has 0 aliphatic rings. The second-order valence-corrected chi connectivity index (χ2v) is 5.64. The molecule has 0 saturated heterocycles. The third-order valence-electron chi connectivity index (χ3n) is 3.05. The highest BCUT2D eigenvalue weighted by Crippen LogP contribution is 2.37. The summed E-state index contributed by atoms with van der Waals surface area (Å²) in [5.41, 5.74) is -4.06. The largest absolute Gasteiger partial charge is 0.416 e. The number of hydrogen-bond donors (Lipinski definition) is 1. The van der Waals surface area contributed by atoms with Crippen LogP contribution in [0, 0.1) is 0 Å². The van der Waals surface area contributed by atoms with E-state index < -0.39 is 35.0 Å². The number of alkyl halides is 6. The van der Waals surface area contributed by atoms with Gasteiger partial charge >= 0.3 is 12.4 Å². The van der Waals surface area contributed by atoms with Crippen molar-refractivity contribution in [3.8, 4) is 0 Å². The van der Waals surface area contributed by atoms with E-state index in [0.717, 1.165) is 0 Å². The van der Waals surface area contributed by atoms with Gasteiger partial charge in [-0.3, -0.25) is 4.79 Å². The van der Waals surface area contributed by atoms with Crippen LogP contribution in [-0.4, -0.2) is 5.91 Å². The SMILES string of the molecule is O=C(Nc1cccc(Cl)c1Cl)c1cc(C(F)(F)F)cc(C(F)(F)F)c1. The molecule has 0 fully saturated rings. The van der Waals surface area contributed by atoms with Gasteiger partial charge in [0.05, 0.1) is 26.9 Å². The molecule has 0 aliphatic carbocycles. The molecule has 0 bridgehead atoms. The number of carbonyl (C=O) groups is 1. The Morgan fingerprint density at radius 1 is 0.880 bits per heavy atom. The highest BCUT2D eigenvalue weighted by Gasteiger charge is 2.37. The van der Waals surface area contributed by atoms with Crippen LogP contribution in [0.15, 0.2) is 36.4 Å². The van der Waals surface area contributed by atoms with E-state index >= 15 is 0 Å². The van der Waals surface area contributed by atoms with Gasteiger partial charge in [-0.15, -0.1) is 0 Å². The fourth-order valence-electron chi connectivity index (χ4n) is 1.88. The first kappa shape index (κ1) is 19.4. The molecule has 10 heteroatoms. The first-order chi connectivity index (χ1) is 11.4. The molecule has 134 valence electrons. The Kier molecular flexibility index (Phi) is 5.24. The molecule has 0 spiro atoms. The van der Waals surface area contributed by atoms with E-state index in [4.69, 9.17) is 23.2 Å². The Labute approximate surface area is 147 Å². The number of halogens is 8. The van der Waals surface area contributed by atoms with Crippen molar-refractivity contribution in [2.75, 3.05) is 5.32 Å². The highest BCUT2D eigenvalue weighted by molar-refractivity contribution is 6.44. The summed E-state index contributed by atoms with van der Waals surface area (Å²) in [6.07, 6.45) is -10.1. The maximum atomic E-state index is 12.8. The lowest BCUT2D eigenvalue weighted by Gasteiger charge is -2.14. The Hall–Kier alpha value is -1.93. The maximum absolute atomic E-state index is 12.8. The highest BCUT2D eigenvalue weighted by atomic mass is 35.5. The zero-order chi connectivity index (χ0) is 19.0. The Balaban J connectivity index is 2.47. The zero-order valence-electron chi connectivity index (χ0n) is 11.9. The zero-order valence-corrected chi connectivity index (χ0v) is 13.4. The van der Waals surface area contributed by atoms with Crippen molar-refractivity contribution < 1.29 is 31.1 Å². The van der Waals surface area contributed by atoms with E-state index in [-0.39, 0.29) is 21.8 Å². The van der Waals surface area contributed by atoms with Crippen molar-refractivity contribution in [2.45, 2.75) is 12.4 Å². The average Bonchev–Trinajstić information content (AvgIpc) is 2.49. The van der Waals surface area contributed by atoms with Crippen LogP contribution in [0.2, 0.25) is 10.0 Å². The lowest BCUT2D eigenvalue weighted by atomic mass is 10.0. The first-order valence-electron chi connectivity index (χ1n) is 6.44. The number of carbonyl (C=O) groups excluding carboxylic acids is 1. The van der Waals surface area contributed by atoms with Crippen LogP contribution < -0.4 is 5.32 Å². The summed E-state index contributed by atoms with van der Waals surface area (Å²) in [6, 6.07) is 4.67. The summed E-state index contributed by atoms with van der Waals surface area (Å²) in [5.74, 6) is -1.19. The molecule has 0 unspecified atom stereocenters. The molecule has 0 aliphatic heterocycles. The van der Waals surface area contributed by atoms with E-state index in [1.807, 2.05) is 0 Å². The molecule has 0 atom stereocenters. The molecule has 0 saturated carbocycles. The first-order valence-corrected chi connectivity index (χ1v) is 7.20. The fraction of sp³-hybridized carbons (Fsp3) is 0.133. The van der Waals surface area contributed by atoms with Crippen molar-refractivity contribution in [2.24, 2.45) is 0 Å². The number of nitrogens with one attached hydrogen (secondary N) is 1. The molecule has 0 radical (unpaired) electrons. The lowest BCUT2D eigenvalue weighted by Crippen LogP contribution is -2.17. The number of benzene rings is 2. The van der Waals surface area contributed by atoms with Crippen molar-refractivity contribution in [3.63, 3.8) is 0 Å². The molecular weight excluding hydrogens is 395 g/mol. The minimum Gasteiger partial charge on any atom is -0.321 e. The molecule has 0 aromatic heterocycles. The summed E-state index contributed by atoms with van der Waals surface area (Å²) in [7, 11) is 0. The maximum Gasteiger partial charge on any atom is 0.416 e. The summed E-state index contributed by atoms with van der Waals surface area (Å²) in [5, 5.41) is 2.09. The molecular formula is C15H7Cl2F6NO. The standard InChI is InChI=1S/C15H7Cl2F6NO/c16-10-2-1-3-11(12(10)17)24-13(25)7-4-8(14(18,19)20)6-9(5-7)15(21,22)23/h1-6H,(H,24,25). The van der Waals surface area contributed by atoms with Crippen LogP contribution in [0.1, 0.15) is 21.5 Å². The van der Waals surface area contributed by atoms with Gasteiger partial charge in [-0.05, 0) is 30.3 Å². The van der Waals surface area contributed by atoms with E-state index in [9.17, 15) is 31.1 Å². The van der Waals surface area contributed by atoms with Crippen molar-refractivity contribution in [3.05, 3.63) is 63.1 Å². The van der Waals surface area contributed by atoms with E-state index in [1.165, 1.54) is 18.2 Å². The second-order valence-electron chi connectivity index (χ2n) is 4.85. The molecule has 1 N–H and O–H groups in total. The quantitative estimate of drug-likeness (QED) is 0.589. The Bertz CT molecular complexity index is 784. The summed E-state index contributed by atoms with van der Waals surface area (Å²) >= 11 is 11.6. The second kappa shape index (κ2) is 6.76. The van der Waals surface area contributed by atoms with Gasteiger partial charge in [0, 0.05) is 5.56 Å². The molecule has 1 amide bonds. The van der Waals surface area contributed by atoms with Crippen LogP contribution in [0.4, 0.5) is 32.0 Å². The van der Waals surface area contributed by atoms with Crippen LogP contribution in [0.25, 0.3) is 0 Å². The number of amides is 1. The van der Waals surface area contributed by atoms with Crippen molar-refractivity contribution >= 4 is 34.8 Å². The molecule has 25 heavy (non-hydrogen) atoms. The van der Waals surface area contributed by atoms with Crippen LogP contribution in [-0.2, 0) is 12.4 Å². The molecule has 0 heterocycles. The number of rotatable bonds is 2. The van der Waals surface area contributed by atoms with Gasteiger partial charge in [-0.25, -0.2) is 0 Å². The van der Waals surface area contributed by atoms with Gasteiger partial charge < -0.3 is 5.32 Å². The van der Waals surface area contributed by atoms with Gasteiger partial charge in [0.25, 0.3) is 5.91 Å². The van der Waals surface area contributed by atoms with Gasteiger partial charge in [0.15, 0.2) is 0 Å². The monoisotopic (exact) mass is 401 g/mol. The third kappa shape index (κ3) is 4.58. The Morgan fingerprint density at radius 2 is 1.40 bits per heavy atom. The van der Waals surface area contributed by atoms with Crippen molar-refractivity contribution in [1.82, 2.24) is 0 Å². The number of hydrogen-bond acceptors (Lipinski definition) is 1. The number of anilines is 1. The smallest absolute Gasteiger partial charge is 0.321 e. The van der Waals surface area contributed by atoms with Crippen molar-refractivity contribution in [1.29, 1.82) is 0 Å². The minimum absolute atomic E-state index is 0.0508. The summed E-state index contributed by atoms with van der Waals surface area (Å²) < 4.78 is 76.8. The topological polar surface area (TPSA) is 29.1 Å². The van der Waals surface area contributed by atoms with Crippen LogP contribution in [0.3, 0.4) is 0 Å². The van der Waals surface area contributed by atoms with E-state index in [1.54, 1.807) is 0 Å². The summed E-state index contributed by atoms with van der Waals surface area (Å²) in [6.45, 7) is 0. The van der Waals surface area contributed by atoms with E-state index in [2.05, 4.69) is 5.32 Å². The van der Waals surface area contributed by atoms with Crippen LogP contribution >= 0.6 is 23.2 Å². The predicted molar refractivity (Wildman–Crippen MR) is 80.9 cm³/mol.